The standard InChI is InChI=1S/C26H29N3/c1-16-8-19(4)25(20(5)9-16)27-14-23-12-18(3)13-24(29-23)15-28-26-21(6)10-17(2)11-22(26)7/h8-15H,1-7H3/b27-14+,28-15+. The number of nitrogens with zero attached hydrogens (tertiary/aromatic N) is 3. The van der Waals surface area contributed by atoms with Crippen LogP contribution in [0.3, 0.4) is 0 Å². The minimum atomic E-state index is 0.836. The van der Waals surface area contributed by atoms with E-state index in [0.29, 0.717) is 0 Å². The molecule has 3 heteroatoms. The van der Waals surface area contributed by atoms with E-state index in [0.717, 1.165) is 28.3 Å². The molecule has 0 bridgehead atoms. The van der Waals surface area contributed by atoms with Crippen molar-refractivity contribution in [2.24, 2.45) is 9.98 Å². The third kappa shape index (κ3) is 5.05. The average molecular weight is 384 g/mol. The highest BCUT2D eigenvalue weighted by Crippen LogP contribution is 2.26. The first kappa shape index (κ1) is 20.7. The molecule has 3 nitrogen and oxygen atoms in total. The molecule has 0 fully saturated rings. The van der Waals surface area contributed by atoms with E-state index in [-0.39, 0.29) is 0 Å². The third-order valence-electron chi connectivity index (χ3n) is 4.93. The van der Waals surface area contributed by atoms with Gasteiger partial charge < -0.3 is 0 Å². The highest BCUT2D eigenvalue weighted by molar-refractivity contribution is 5.85. The maximum atomic E-state index is 4.72. The zero-order valence-electron chi connectivity index (χ0n) is 18.5. The van der Waals surface area contributed by atoms with Crippen LogP contribution in [0.25, 0.3) is 0 Å². The van der Waals surface area contributed by atoms with Gasteiger partial charge in [0, 0.05) is 0 Å². The van der Waals surface area contributed by atoms with Crippen LogP contribution in [0.2, 0.25) is 0 Å². The highest BCUT2D eigenvalue weighted by atomic mass is 14.8. The second kappa shape index (κ2) is 8.52. The van der Waals surface area contributed by atoms with Gasteiger partial charge in [-0.25, -0.2) is 4.98 Å². The maximum Gasteiger partial charge on any atom is 0.0823 e. The van der Waals surface area contributed by atoms with Crippen LogP contribution in [-0.4, -0.2) is 17.4 Å². The summed E-state index contributed by atoms with van der Waals surface area (Å²) in [6, 6.07) is 12.7. The largest absolute Gasteiger partial charge is 0.254 e. The summed E-state index contributed by atoms with van der Waals surface area (Å²) in [4.78, 5) is 14.2. The van der Waals surface area contributed by atoms with Gasteiger partial charge in [0.05, 0.1) is 35.2 Å². The van der Waals surface area contributed by atoms with Gasteiger partial charge in [0.15, 0.2) is 0 Å². The first-order valence-electron chi connectivity index (χ1n) is 9.95. The van der Waals surface area contributed by atoms with Crippen molar-refractivity contribution in [1.82, 2.24) is 4.98 Å². The highest BCUT2D eigenvalue weighted by Gasteiger charge is 2.04. The molecule has 3 aromatic rings. The monoisotopic (exact) mass is 383 g/mol. The number of hydrogen-bond acceptors (Lipinski definition) is 3. The molecule has 0 aliphatic rings. The van der Waals surface area contributed by atoms with Crippen LogP contribution in [0.1, 0.15) is 50.3 Å². The summed E-state index contributed by atoms with van der Waals surface area (Å²) in [7, 11) is 0. The lowest BCUT2D eigenvalue weighted by atomic mass is 10.1. The molecule has 0 aliphatic carbocycles. The Morgan fingerprint density at radius 3 is 1.17 bits per heavy atom. The smallest absolute Gasteiger partial charge is 0.0823 e. The van der Waals surface area contributed by atoms with Crippen molar-refractivity contribution in [1.29, 1.82) is 0 Å². The number of aromatic nitrogens is 1. The predicted molar refractivity (Wildman–Crippen MR) is 125 cm³/mol. The van der Waals surface area contributed by atoms with Crippen molar-refractivity contribution in [2.45, 2.75) is 48.5 Å². The van der Waals surface area contributed by atoms with Crippen molar-refractivity contribution < 1.29 is 0 Å². The van der Waals surface area contributed by atoms with E-state index in [9.17, 15) is 0 Å². The summed E-state index contributed by atoms with van der Waals surface area (Å²) in [5.74, 6) is 0. The van der Waals surface area contributed by atoms with Crippen molar-refractivity contribution in [2.75, 3.05) is 0 Å². The molecular weight excluding hydrogens is 354 g/mol. The SMILES string of the molecule is Cc1cc(/C=N/c2c(C)cc(C)cc2C)nc(/C=N/c2c(C)cc(C)cc2C)c1. The number of aliphatic imine (C=N–C) groups is 2. The second-order valence-electron chi connectivity index (χ2n) is 8.01. The van der Waals surface area contributed by atoms with E-state index in [2.05, 4.69) is 72.7 Å². The molecule has 0 N–H and O–H groups in total. The molecule has 0 amide bonds. The molecule has 0 spiro atoms. The van der Waals surface area contributed by atoms with Gasteiger partial charge in [-0.15, -0.1) is 0 Å². The molecule has 29 heavy (non-hydrogen) atoms. The van der Waals surface area contributed by atoms with Gasteiger partial charge in [-0.2, -0.15) is 0 Å². The Morgan fingerprint density at radius 1 is 0.517 bits per heavy atom. The first-order valence-corrected chi connectivity index (χ1v) is 9.95. The molecule has 148 valence electrons. The van der Waals surface area contributed by atoms with Crippen molar-refractivity contribution in [3.63, 3.8) is 0 Å². The fourth-order valence-electron chi connectivity index (χ4n) is 3.87. The Kier molecular flexibility index (Phi) is 6.07. The van der Waals surface area contributed by atoms with Gasteiger partial charge >= 0.3 is 0 Å². The quantitative estimate of drug-likeness (QED) is 0.460. The van der Waals surface area contributed by atoms with Crippen LogP contribution in [0.4, 0.5) is 11.4 Å². The number of hydrogen-bond donors (Lipinski definition) is 0. The molecule has 0 aliphatic heterocycles. The van der Waals surface area contributed by atoms with Crippen LogP contribution in [0.15, 0.2) is 46.4 Å². The molecule has 2 aromatic carbocycles. The number of aryl methyl sites for hydroxylation is 7. The lowest BCUT2D eigenvalue weighted by Gasteiger charge is -2.07. The van der Waals surface area contributed by atoms with E-state index in [1.54, 1.807) is 0 Å². The number of benzene rings is 2. The van der Waals surface area contributed by atoms with Crippen molar-refractivity contribution >= 4 is 23.8 Å². The summed E-state index contributed by atoms with van der Waals surface area (Å²) in [5, 5.41) is 0. The van der Waals surface area contributed by atoms with E-state index < -0.39 is 0 Å². The van der Waals surface area contributed by atoms with Gasteiger partial charge in [0.25, 0.3) is 0 Å². The average Bonchev–Trinajstić information content (AvgIpc) is 2.59. The van der Waals surface area contributed by atoms with Crippen molar-refractivity contribution in [3.05, 3.63) is 86.7 Å². The van der Waals surface area contributed by atoms with Crippen LogP contribution in [0, 0.1) is 48.5 Å². The molecule has 0 unspecified atom stereocenters. The van der Waals surface area contributed by atoms with Crippen LogP contribution in [-0.2, 0) is 0 Å². The van der Waals surface area contributed by atoms with Gasteiger partial charge in [0.1, 0.15) is 0 Å². The number of rotatable bonds is 4. The molecule has 0 saturated carbocycles. The zero-order valence-corrected chi connectivity index (χ0v) is 18.5. The lowest BCUT2D eigenvalue weighted by molar-refractivity contribution is 1.23. The Balaban J connectivity index is 1.91. The Labute approximate surface area is 174 Å². The molecule has 1 heterocycles. The van der Waals surface area contributed by atoms with E-state index in [4.69, 9.17) is 15.0 Å². The van der Waals surface area contributed by atoms with Gasteiger partial charge in [0.2, 0.25) is 0 Å². The summed E-state index contributed by atoms with van der Waals surface area (Å²) >= 11 is 0. The normalized spacial score (nSPS) is 11.7. The zero-order chi connectivity index (χ0) is 21.1. The van der Waals surface area contributed by atoms with Crippen molar-refractivity contribution in [3.8, 4) is 0 Å². The fraction of sp³-hybridized carbons (Fsp3) is 0.269. The van der Waals surface area contributed by atoms with Crippen LogP contribution < -0.4 is 0 Å². The van der Waals surface area contributed by atoms with E-state index in [1.165, 1.54) is 33.4 Å². The summed E-state index contributed by atoms with van der Waals surface area (Å²) < 4.78 is 0. The summed E-state index contributed by atoms with van der Waals surface area (Å²) in [6.07, 6.45) is 3.69. The molecule has 0 saturated heterocycles. The Bertz CT molecular complexity index is 989. The van der Waals surface area contributed by atoms with Gasteiger partial charge in [-0.05, 0) is 88.4 Å². The van der Waals surface area contributed by atoms with E-state index in [1.807, 2.05) is 24.6 Å². The maximum absolute atomic E-state index is 4.72. The Hall–Kier alpha value is -3.07. The third-order valence-corrected chi connectivity index (χ3v) is 4.93. The van der Waals surface area contributed by atoms with Crippen LogP contribution >= 0.6 is 0 Å². The van der Waals surface area contributed by atoms with E-state index >= 15 is 0 Å². The minimum absolute atomic E-state index is 0.836. The first-order chi connectivity index (χ1) is 13.7. The fourth-order valence-corrected chi connectivity index (χ4v) is 3.87. The molecule has 1 aromatic heterocycles. The van der Waals surface area contributed by atoms with Crippen LogP contribution in [0.5, 0.6) is 0 Å². The Morgan fingerprint density at radius 2 is 0.828 bits per heavy atom. The minimum Gasteiger partial charge on any atom is -0.254 e. The number of pyridine rings is 1. The topological polar surface area (TPSA) is 37.6 Å². The molecule has 3 rings (SSSR count). The summed E-state index contributed by atoms with van der Waals surface area (Å²) in [5.41, 5.74) is 12.1. The molecule has 0 atom stereocenters. The second-order valence-corrected chi connectivity index (χ2v) is 8.01. The van der Waals surface area contributed by atoms with Gasteiger partial charge in [-0.1, -0.05) is 35.4 Å². The lowest BCUT2D eigenvalue weighted by Crippen LogP contribution is -1.96. The van der Waals surface area contributed by atoms with Gasteiger partial charge in [-0.3, -0.25) is 9.98 Å². The molecular formula is C26H29N3. The predicted octanol–water partition coefficient (Wildman–Crippen LogP) is 6.74. The summed E-state index contributed by atoms with van der Waals surface area (Å²) in [6.45, 7) is 14.7. The molecule has 0 radical (unpaired) electrons.